The third-order valence-electron chi connectivity index (χ3n) is 3.77. The molecule has 4 heteroatoms. The number of pyridine rings is 1. The number of carbonyl (C=O) groups excluding carboxylic acids is 1. The van der Waals surface area contributed by atoms with Gasteiger partial charge < -0.3 is 4.90 Å². The molecule has 1 heterocycles. The Balaban J connectivity index is 1.80. The van der Waals surface area contributed by atoms with E-state index in [9.17, 15) is 9.18 Å². The van der Waals surface area contributed by atoms with Crippen molar-refractivity contribution in [1.29, 1.82) is 0 Å². The molecule has 0 N–H and O–H groups in total. The second-order valence-electron chi connectivity index (χ2n) is 5.62. The van der Waals surface area contributed by atoms with Crippen molar-refractivity contribution in [2.45, 2.75) is 6.54 Å². The summed E-state index contributed by atoms with van der Waals surface area (Å²) in [6.07, 6.45) is 3.22. The van der Waals surface area contributed by atoms with Gasteiger partial charge >= 0.3 is 0 Å². The molecule has 120 valence electrons. The summed E-state index contributed by atoms with van der Waals surface area (Å²) in [5.74, 6) is -0.392. The van der Waals surface area contributed by atoms with Gasteiger partial charge in [-0.2, -0.15) is 0 Å². The lowest BCUT2D eigenvalue weighted by Gasteiger charge is -2.17. The first-order valence-electron chi connectivity index (χ1n) is 7.64. The van der Waals surface area contributed by atoms with E-state index in [1.165, 1.54) is 12.1 Å². The Hall–Kier alpha value is -3.01. The lowest BCUT2D eigenvalue weighted by molar-refractivity contribution is 0.0784. The van der Waals surface area contributed by atoms with Crippen molar-refractivity contribution >= 4 is 5.91 Å². The van der Waals surface area contributed by atoms with E-state index in [-0.39, 0.29) is 11.7 Å². The third-order valence-corrected chi connectivity index (χ3v) is 3.77. The van der Waals surface area contributed by atoms with Crippen molar-refractivity contribution < 1.29 is 9.18 Å². The van der Waals surface area contributed by atoms with Crippen LogP contribution in [0.25, 0.3) is 11.1 Å². The van der Waals surface area contributed by atoms with Crippen molar-refractivity contribution in [2.24, 2.45) is 0 Å². The molecule has 0 aliphatic heterocycles. The second kappa shape index (κ2) is 7.04. The standard InChI is InChI=1S/C20H17FN2O/c1-23(14-15-5-3-2-4-6-15)20(24)18-11-17(12-22-13-18)16-7-9-19(21)10-8-16/h2-13H,14H2,1H3. The van der Waals surface area contributed by atoms with Crippen LogP contribution in [0.2, 0.25) is 0 Å². The minimum Gasteiger partial charge on any atom is -0.337 e. The van der Waals surface area contributed by atoms with Gasteiger partial charge in [0, 0.05) is 31.5 Å². The van der Waals surface area contributed by atoms with E-state index in [1.807, 2.05) is 30.3 Å². The number of halogens is 1. The smallest absolute Gasteiger partial charge is 0.255 e. The average Bonchev–Trinajstić information content (AvgIpc) is 2.62. The zero-order chi connectivity index (χ0) is 16.9. The third kappa shape index (κ3) is 3.66. The molecule has 0 spiro atoms. The largest absolute Gasteiger partial charge is 0.337 e. The number of aromatic nitrogens is 1. The first-order valence-corrected chi connectivity index (χ1v) is 7.64. The number of hydrogen-bond donors (Lipinski definition) is 0. The van der Waals surface area contributed by atoms with E-state index in [0.717, 1.165) is 16.7 Å². The molecule has 0 bridgehead atoms. The van der Waals surface area contributed by atoms with Crippen LogP contribution in [0.5, 0.6) is 0 Å². The molecule has 0 fully saturated rings. The van der Waals surface area contributed by atoms with Gasteiger partial charge in [0.25, 0.3) is 5.91 Å². The summed E-state index contributed by atoms with van der Waals surface area (Å²) in [6.45, 7) is 0.528. The van der Waals surface area contributed by atoms with Gasteiger partial charge in [-0.3, -0.25) is 9.78 Å². The number of nitrogens with zero attached hydrogens (tertiary/aromatic N) is 2. The zero-order valence-corrected chi connectivity index (χ0v) is 13.3. The van der Waals surface area contributed by atoms with Gasteiger partial charge in [0.15, 0.2) is 0 Å². The Morgan fingerprint density at radius 1 is 1.00 bits per heavy atom. The molecule has 0 atom stereocenters. The normalized spacial score (nSPS) is 10.4. The molecule has 1 aromatic heterocycles. The number of benzene rings is 2. The molecule has 0 aliphatic rings. The van der Waals surface area contributed by atoms with Gasteiger partial charge in [0.2, 0.25) is 0 Å². The minimum absolute atomic E-state index is 0.102. The lowest BCUT2D eigenvalue weighted by Crippen LogP contribution is -2.26. The summed E-state index contributed by atoms with van der Waals surface area (Å²) < 4.78 is 13.0. The Bertz CT molecular complexity index is 832. The van der Waals surface area contributed by atoms with Crippen LogP contribution in [0.1, 0.15) is 15.9 Å². The van der Waals surface area contributed by atoms with E-state index in [1.54, 1.807) is 42.5 Å². The Labute approximate surface area is 140 Å². The van der Waals surface area contributed by atoms with Gasteiger partial charge in [0.1, 0.15) is 5.82 Å². The van der Waals surface area contributed by atoms with Gasteiger partial charge in [-0.15, -0.1) is 0 Å². The summed E-state index contributed by atoms with van der Waals surface area (Å²) in [5, 5.41) is 0. The Kier molecular flexibility index (Phi) is 4.66. The first-order chi connectivity index (χ1) is 11.6. The van der Waals surface area contributed by atoms with Gasteiger partial charge in [-0.05, 0) is 29.3 Å². The summed E-state index contributed by atoms with van der Waals surface area (Å²) >= 11 is 0. The molecule has 3 aromatic rings. The molecule has 0 saturated carbocycles. The number of carbonyl (C=O) groups is 1. The summed E-state index contributed by atoms with van der Waals surface area (Å²) in [5.41, 5.74) is 3.18. The summed E-state index contributed by atoms with van der Waals surface area (Å²) in [7, 11) is 1.76. The van der Waals surface area contributed by atoms with Crippen LogP contribution < -0.4 is 0 Å². The van der Waals surface area contributed by atoms with E-state index >= 15 is 0 Å². The summed E-state index contributed by atoms with van der Waals surface area (Å²) in [4.78, 5) is 18.4. The van der Waals surface area contributed by atoms with E-state index < -0.39 is 0 Å². The van der Waals surface area contributed by atoms with E-state index in [4.69, 9.17) is 0 Å². The molecule has 0 unspecified atom stereocenters. The molecule has 0 saturated heterocycles. The van der Waals surface area contributed by atoms with Crippen LogP contribution >= 0.6 is 0 Å². The van der Waals surface area contributed by atoms with Crippen molar-refractivity contribution in [2.75, 3.05) is 7.05 Å². The van der Waals surface area contributed by atoms with E-state index in [2.05, 4.69) is 4.98 Å². The maximum atomic E-state index is 13.0. The van der Waals surface area contributed by atoms with Crippen LogP contribution in [-0.4, -0.2) is 22.8 Å². The topological polar surface area (TPSA) is 33.2 Å². The first kappa shape index (κ1) is 15.9. The number of rotatable bonds is 4. The lowest BCUT2D eigenvalue weighted by atomic mass is 10.1. The fourth-order valence-electron chi connectivity index (χ4n) is 2.51. The quantitative estimate of drug-likeness (QED) is 0.723. The fraction of sp³-hybridized carbons (Fsp3) is 0.100. The molecule has 0 aliphatic carbocycles. The highest BCUT2D eigenvalue weighted by atomic mass is 19.1. The highest BCUT2D eigenvalue weighted by molar-refractivity contribution is 5.94. The van der Waals surface area contributed by atoms with Crippen LogP contribution in [0.3, 0.4) is 0 Å². The maximum absolute atomic E-state index is 13.0. The predicted molar refractivity (Wildman–Crippen MR) is 91.9 cm³/mol. The van der Waals surface area contributed by atoms with Gasteiger partial charge in [-0.1, -0.05) is 42.5 Å². The van der Waals surface area contributed by atoms with Crippen LogP contribution in [0.4, 0.5) is 4.39 Å². The SMILES string of the molecule is CN(Cc1ccccc1)C(=O)c1cncc(-c2ccc(F)cc2)c1. The summed E-state index contributed by atoms with van der Waals surface area (Å²) in [6, 6.07) is 17.7. The zero-order valence-electron chi connectivity index (χ0n) is 13.3. The van der Waals surface area contributed by atoms with Crippen LogP contribution in [0.15, 0.2) is 73.1 Å². The molecular weight excluding hydrogens is 303 g/mol. The number of amides is 1. The van der Waals surface area contributed by atoms with Gasteiger partial charge in [-0.25, -0.2) is 4.39 Å². The minimum atomic E-state index is -0.290. The molecule has 3 nitrogen and oxygen atoms in total. The van der Waals surface area contributed by atoms with Crippen LogP contribution in [0, 0.1) is 5.82 Å². The molecule has 3 rings (SSSR count). The molecule has 2 aromatic carbocycles. The highest BCUT2D eigenvalue weighted by Crippen LogP contribution is 2.20. The number of hydrogen-bond acceptors (Lipinski definition) is 2. The van der Waals surface area contributed by atoms with Gasteiger partial charge in [0.05, 0.1) is 5.56 Å². The Morgan fingerprint density at radius 3 is 2.42 bits per heavy atom. The second-order valence-corrected chi connectivity index (χ2v) is 5.62. The molecule has 24 heavy (non-hydrogen) atoms. The van der Waals surface area contributed by atoms with Crippen molar-refractivity contribution in [3.8, 4) is 11.1 Å². The monoisotopic (exact) mass is 320 g/mol. The van der Waals surface area contributed by atoms with Crippen molar-refractivity contribution in [3.05, 3.63) is 90.0 Å². The fourth-order valence-corrected chi connectivity index (χ4v) is 2.51. The average molecular weight is 320 g/mol. The molecular formula is C20H17FN2O. The molecule has 1 amide bonds. The highest BCUT2D eigenvalue weighted by Gasteiger charge is 2.13. The molecule has 0 radical (unpaired) electrons. The predicted octanol–water partition coefficient (Wildman–Crippen LogP) is 4.16. The Morgan fingerprint density at radius 2 is 1.71 bits per heavy atom. The van der Waals surface area contributed by atoms with Crippen molar-refractivity contribution in [3.63, 3.8) is 0 Å². The maximum Gasteiger partial charge on any atom is 0.255 e. The van der Waals surface area contributed by atoms with Crippen LogP contribution in [-0.2, 0) is 6.54 Å². The van der Waals surface area contributed by atoms with E-state index in [0.29, 0.717) is 12.1 Å². The van der Waals surface area contributed by atoms with Crippen molar-refractivity contribution in [1.82, 2.24) is 9.88 Å².